The van der Waals surface area contributed by atoms with E-state index < -0.39 is 12.0 Å². The van der Waals surface area contributed by atoms with E-state index in [1.807, 2.05) is 30.3 Å². The molecule has 1 unspecified atom stereocenters. The second-order valence-corrected chi connectivity index (χ2v) is 3.46. The summed E-state index contributed by atoms with van der Waals surface area (Å²) in [5.41, 5.74) is 7.53. The van der Waals surface area contributed by atoms with E-state index in [4.69, 9.17) is 10.8 Å². The lowest BCUT2D eigenvalue weighted by molar-refractivity contribution is -0.138. The average molecular weight is 205 g/mol. The molecule has 80 valence electrons. The molecule has 1 aromatic rings. The summed E-state index contributed by atoms with van der Waals surface area (Å²) in [6.45, 7) is 3.66. The molecule has 0 aliphatic heterocycles. The van der Waals surface area contributed by atoms with Crippen LogP contribution in [0.15, 0.2) is 36.9 Å². The molecule has 0 radical (unpaired) electrons. The summed E-state index contributed by atoms with van der Waals surface area (Å²) < 4.78 is 0. The Labute approximate surface area is 89.2 Å². The number of carboxylic acid groups (broad SMARTS) is 1. The molecule has 1 aromatic carbocycles. The number of carbonyl (C=O) groups is 1. The van der Waals surface area contributed by atoms with Gasteiger partial charge < -0.3 is 10.8 Å². The van der Waals surface area contributed by atoms with Crippen molar-refractivity contribution in [2.45, 2.75) is 18.9 Å². The van der Waals surface area contributed by atoms with Crippen molar-refractivity contribution in [2.24, 2.45) is 5.73 Å². The highest BCUT2D eigenvalue weighted by atomic mass is 16.4. The van der Waals surface area contributed by atoms with Gasteiger partial charge in [-0.1, -0.05) is 30.3 Å². The van der Waals surface area contributed by atoms with Gasteiger partial charge in [-0.25, -0.2) is 0 Å². The predicted octanol–water partition coefficient (Wildman–Crippen LogP) is 1.37. The summed E-state index contributed by atoms with van der Waals surface area (Å²) in [5, 5.41) is 8.67. The predicted molar refractivity (Wildman–Crippen MR) is 59.7 cm³/mol. The number of rotatable bonds is 5. The quantitative estimate of drug-likeness (QED) is 0.713. The van der Waals surface area contributed by atoms with Crippen LogP contribution in [0.3, 0.4) is 0 Å². The van der Waals surface area contributed by atoms with E-state index in [1.54, 1.807) is 0 Å². The van der Waals surface area contributed by atoms with Crippen molar-refractivity contribution in [1.82, 2.24) is 0 Å². The van der Waals surface area contributed by atoms with Crippen molar-refractivity contribution in [3.63, 3.8) is 0 Å². The first-order valence-corrected chi connectivity index (χ1v) is 4.80. The van der Waals surface area contributed by atoms with Crippen LogP contribution in [-0.4, -0.2) is 17.1 Å². The number of nitrogens with two attached hydrogens (primary N) is 1. The molecule has 0 heterocycles. The summed E-state index contributed by atoms with van der Waals surface area (Å²) in [4.78, 5) is 10.6. The van der Waals surface area contributed by atoms with Gasteiger partial charge in [0.05, 0.1) is 0 Å². The van der Waals surface area contributed by atoms with E-state index in [-0.39, 0.29) is 0 Å². The molecule has 0 aromatic heterocycles. The zero-order valence-corrected chi connectivity index (χ0v) is 8.52. The standard InChI is InChI=1S/C12H15NO2/c1-2-4-9-5-3-6-10(7-9)8-11(13)12(14)15/h2-3,5-7,11H,1,4,8,13H2,(H,14,15). The van der Waals surface area contributed by atoms with Crippen LogP contribution in [0.25, 0.3) is 0 Å². The van der Waals surface area contributed by atoms with E-state index in [2.05, 4.69) is 6.58 Å². The minimum absolute atomic E-state index is 0.361. The van der Waals surface area contributed by atoms with Crippen molar-refractivity contribution < 1.29 is 9.90 Å². The molecule has 0 amide bonds. The van der Waals surface area contributed by atoms with Crippen LogP contribution in [-0.2, 0) is 17.6 Å². The van der Waals surface area contributed by atoms with Crippen molar-refractivity contribution in [1.29, 1.82) is 0 Å². The summed E-state index contributed by atoms with van der Waals surface area (Å²) in [6.07, 6.45) is 2.96. The number of hydrogen-bond donors (Lipinski definition) is 2. The monoisotopic (exact) mass is 205 g/mol. The minimum Gasteiger partial charge on any atom is -0.480 e. The molecule has 0 aliphatic carbocycles. The van der Waals surface area contributed by atoms with Crippen molar-refractivity contribution in [2.75, 3.05) is 0 Å². The van der Waals surface area contributed by atoms with Crippen molar-refractivity contribution in [3.8, 4) is 0 Å². The Bertz CT molecular complexity index is 360. The molecule has 0 aliphatic rings. The SMILES string of the molecule is C=CCc1cccc(CC(N)C(=O)O)c1. The van der Waals surface area contributed by atoms with Gasteiger partial charge >= 0.3 is 5.97 Å². The van der Waals surface area contributed by atoms with Crippen LogP contribution < -0.4 is 5.73 Å². The summed E-state index contributed by atoms with van der Waals surface area (Å²) in [5.74, 6) is -0.968. The van der Waals surface area contributed by atoms with Gasteiger partial charge in [0, 0.05) is 0 Å². The molecule has 3 N–H and O–H groups in total. The van der Waals surface area contributed by atoms with Gasteiger partial charge in [-0.2, -0.15) is 0 Å². The lowest BCUT2D eigenvalue weighted by Crippen LogP contribution is -2.32. The summed E-state index contributed by atoms with van der Waals surface area (Å²) in [6, 6.07) is 6.91. The van der Waals surface area contributed by atoms with Crippen molar-refractivity contribution in [3.05, 3.63) is 48.0 Å². The van der Waals surface area contributed by atoms with Crippen LogP contribution in [0, 0.1) is 0 Å². The third-order valence-corrected chi connectivity index (χ3v) is 2.14. The molecule has 3 nitrogen and oxygen atoms in total. The summed E-state index contributed by atoms with van der Waals surface area (Å²) >= 11 is 0. The molecule has 0 fully saturated rings. The van der Waals surface area contributed by atoms with Crippen LogP contribution in [0.4, 0.5) is 0 Å². The molecule has 15 heavy (non-hydrogen) atoms. The maximum absolute atomic E-state index is 10.6. The van der Waals surface area contributed by atoms with Gasteiger partial charge in [0.1, 0.15) is 6.04 Å². The fourth-order valence-corrected chi connectivity index (χ4v) is 1.39. The Morgan fingerprint density at radius 1 is 1.53 bits per heavy atom. The summed E-state index contributed by atoms with van der Waals surface area (Å²) in [7, 11) is 0. The van der Waals surface area contributed by atoms with Gasteiger partial charge in [0.25, 0.3) is 0 Å². The Morgan fingerprint density at radius 3 is 2.80 bits per heavy atom. The van der Waals surface area contributed by atoms with Crippen LogP contribution in [0.5, 0.6) is 0 Å². The van der Waals surface area contributed by atoms with E-state index >= 15 is 0 Å². The van der Waals surface area contributed by atoms with E-state index in [0.29, 0.717) is 6.42 Å². The molecule has 3 heteroatoms. The zero-order chi connectivity index (χ0) is 11.3. The number of allylic oxidation sites excluding steroid dienone is 1. The largest absolute Gasteiger partial charge is 0.480 e. The molecule has 0 bridgehead atoms. The fraction of sp³-hybridized carbons (Fsp3) is 0.250. The Kier molecular flexibility index (Phi) is 4.06. The number of carboxylic acids is 1. The number of benzene rings is 1. The van der Waals surface area contributed by atoms with E-state index in [0.717, 1.165) is 17.5 Å². The Balaban J connectivity index is 2.72. The first-order chi connectivity index (χ1) is 7.13. The van der Waals surface area contributed by atoms with Gasteiger partial charge in [-0.3, -0.25) is 4.79 Å². The molecule has 0 saturated carbocycles. The molecular formula is C12H15NO2. The van der Waals surface area contributed by atoms with Gasteiger partial charge in [0.15, 0.2) is 0 Å². The van der Waals surface area contributed by atoms with E-state index in [1.165, 1.54) is 0 Å². The topological polar surface area (TPSA) is 63.3 Å². The maximum atomic E-state index is 10.6. The number of hydrogen-bond acceptors (Lipinski definition) is 2. The maximum Gasteiger partial charge on any atom is 0.320 e. The molecule has 1 atom stereocenters. The Morgan fingerprint density at radius 2 is 2.20 bits per heavy atom. The second kappa shape index (κ2) is 5.32. The Hall–Kier alpha value is -1.61. The highest BCUT2D eigenvalue weighted by Gasteiger charge is 2.11. The molecule has 0 spiro atoms. The van der Waals surface area contributed by atoms with Crippen LogP contribution in [0.2, 0.25) is 0 Å². The van der Waals surface area contributed by atoms with Crippen LogP contribution in [0.1, 0.15) is 11.1 Å². The first kappa shape index (κ1) is 11.5. The highest BCUT2D eigenvalue weighted by Crippen LogP contribution is 2.08. The third-order valence-electron chi connectivity index (χ3n) is 2.14. The second-order valence-electron chi connectivity index (χ2n) is 3.46. The molecule has 1 rings (SSSR count). The normalized spacial score (nSPS) is 12.1. The smallest absolute Gasteiger partial charge is 0.320 e. The first-order valence-electron chi connectivity index (χ1n) is 4.80. The lowest BCUT2D eigenvalue weighted by Gasteiger charge is -2.07. The van der Waals surface area contributed by atoms with Gasteiger partial charge in [-0.15, -0.1) is 6.58 Å². The minimum atomic E-state index is -0.968. The third kappa shape index (κ3) is 3.56. The average Bonchev–Trinajstić information content (AvgIpc) is 2.18. The van der Waals surface area contributed by atoms with Crippen LogP contribution >= 0.6 is 0 Å². The number of aliphatic carboxylic acids is 1. The fourth-order valence-electron chi connectivity index (χ4n) is 1.39. The lowest BCUT2D eigenvalue weighted by atomic mass is 10.0. The highest BCUT2D eigenvalue weighted by molar-refractivity contribution is 5.73. The van der Waals surface area contributed by atoms with Gasteiger partial charge in [0.2, 0.25) is 0 Å². The zero-order valence-electron chi connectivity index (χ0n) is 8.52. The molecular weight excluding hydrogens is 190 g/mol. The molecule has 0 saturated heterocycles. The van der Waals surface area contributed by atoms with E-state index in [9.17, 15) is 4.79 Å². The van der Waals surface area contributed by atoms with Gasteiger partial charge in [-0.05, 0) is 24.0 Å². The van der Waals surface area contributed by atoms with Crippen molar-refractivity contribution >= 4 is 5.97 Å².